The maximum atomic E-state index is 13.5. The summed E-state index contributed by atoms with van der Waals surface area (Å²) in [5.74, 6) is 0.482. The van der Waals surface area contributed by atoms with Crippen LogP contribution in [0, 0.1) is 11.7 Å². The highest BCUT2D eigenvalue weighted by Crippen LogP contribution is 2.25. The first-order valence-corrected chi connectivity index (χ1v) is 8.74. The zero-order valence-electron chi connectivity index (χ0n) is 14.1. The summed E-state index contributed by atoms with van der Waals surface area (Å²) < 4.78 is 15.7. The number of aromatic nitrogens is 4. The molecule has 0 atom stereocenters. The summed E-state index contributed by atoms with van der Waals surface area (Å²) >= 11 is 0. The number of hydrogen-bond donors (Lipinski definition) is 1. The quantitative estimate of drug-likeness (QED) is 0.776. The highest BCUT2D eigenvalue weighted by Gasteiger charge is 2.21. The Morgan fingerprint density at radius 1 is 1.24 bits per heavy atom. The van der Waals surface area contributed by atoms with E-state index in [9.17, 15) is 4.39 Å². The Bertz CT molecular complexity index is 803. The number of nitrogens with one attached hydrogen (secondary N) is 1. The molecule has 6 heteroatoms. The van der Waals surface area contributed by atoms with Crippen molar-refractivity contribution in [2.75, 3.05) is 13.1 Å². The number of rotatable bonds is 5. The van der Waals surface area contributed by atoms with Crippen LogP contribution in [0.25, 0.3) is 11.3 Å². The molecule has 1 aliphatic rings. The number of imidazole rings is 1. The zero-order chi connectivity index (χ0) is 17.1. The van der Waals surface area contributed by atoms with Gasteiger partial charge in [-0.3, -0.25) is 10.00 Å². The van der Waals surface area contributed by atoms with E-state index in [2.05, 4.69) is 24.6 Å². The van der Waals surface area contributed by atoms with Gasteiger partial charge in [-0.05, 0) is 44.0 Å². The summed E-state index contributed by atoms with van der Waals surface area (Å²) in [5.41, 5.74) is 2.89. The molecule has 1 saturated heterocycles. The van der Waals surface area contributed by atoms with E-state index in [1.165, 1.54) is 18.9 Å². The first kappa shape index (κ1) is 16.0. The van der Waals surface area contributed by atoms with Gasteiger partial charge < -0.3 is 4.57 Å². The Morgan fingerprint density at radius 2 is 2.12 bits per heavy atom. The average Bonchev–Trinajstić information content (AvgIpc) is 3.28. The number of piperidine rings is 1. The van der Waals surface area contributed by atoms with Crippen LogP contribution >= 0.6 is 0 Å². The molecule has 0 aliphatic carbocycles. The standard InChI is InChI=1S/C19H22FN5/c20-18-3-1-2-16(10-18)19-17(11-22-23-19)13-24-7-4-15(5-8-24)12-25-9-6-21-14-25/h1-3,6,9-11,14-15H,4-5,7-8,12-13H2,(H,22,23). The highest BCUT2D eigenvalue weighted by molar-refractivity contribution is 5.62. The number of H-pyrrole nitrogens is 1. The van der Waals surface area contributed by atoms with Gasteiger partial charge in [-0.1, -0.05) is 12.1 Å². The summed E-state index contributed by atoms with van der Waals surface area (Å²) in [6, 6.07) is 6.66. The molecule has 25 heavy (non-hydrogen) atoms. The second-order valence-corrected chi connectivity index (χ2v) is 6.76. The fourth-order valence-electron chi connectivity index (χ4n) is 3.59. The van der Waals surface area contributed by atoms with Crippen molar-refractivity contribution in [1.29, 1.82) is 0 Å². The third kappa shape index (κ3) is 3.79. The number of hydrogen-bond acceptors (Lipinski definition) is 3. The number of halogens is 1. The molecule has 3 aromatic rings. The normalized spacial score (nSPS) is 16.4. The van der Waals surface area contributed by atoms with Gasteiger partial charge in [0.25, 0.3) is 0 Å². The maximum Gasteiger partial charge on any atom is 0.123 e. The van der Waals surface area contributed by atoms with E-state index in [1.54, 1.807) is 12.1 Å². The fourth-order valence-corrected chi connectivity index (χ4v) is 3.59. The minimum absolute atomic E-state index is 0.224. The SMILES string of the molecule is Fc1cccc(-c2[nH]ncc2CN2CCC(Cn3ccnc3)CC2)c1. The number of aromatic amines is 1. The lowest BCUT2D eigenvalue weighted by Gasteiger charge is -2.32. The minimum atomic E-state index is -0.224. The third-order valence-corrected chi connectivity index (χ3v) is 4.96. The molecule has 0 unspecified atom stereocenters. The van der Waals surface area contributed by atoms with Gasteiger partial charge in [0.1, 0.15) is 5.82 Å². The molecule has 2 aromatic heterocycles. The predicted octanol–water partition coefficient (Wildman–Crippen LogP) is 3.32. The van der Waals surface area contributed by atoms with Crippen molar-refractivity contribution in [2.24, 2.45) is 5.92 Å². The van der Waals surface area contributed by atoms with Gasteiger partial charge in [0.05, 0.1) is 18.2 Å². The van der Waals surface area contributed by atoms with Crippen molar-refractivity contribution in [3.63, 3.8) is 0 Å². The van der Waals surface area contributed by atoms with Crippen LogP contribution in [0.5, 0.6) is 0 Å². The van der Waals surface area contributed by atoms with Crippen LogP contribution in [0.4, 0.5) is 4.39 Å². The minimum Gasteiger partial charge on any atom is -0.337 e. The van der Waals surface area contributed by atoms with E-state index < -0.39 is 0 Å². The summed E-state index contributed by atoms with van der Waals surface area (Å²) in [6.45, 7) is 4.05. The Morgan fingerprint density at radius 3 is 2.88 bits per heavy atom. The van der Waals surface area contributed by atoms with Crippen LogP contribution in [0.3, 0.4) is 0 Å². The lowest BCUT2D eigenvalue weighted by Crippen LogP contribution is -2.34. The molecule has 0 radical (unpaired) electrons. The molecular weight excluding hydrogens is 317 g/mol. The van der Waals surface area contributed by atoms with Crippen LogP contribution in [-0.2, 0) is 13.1 Å². The van der Waals surface area contributed by atoms with Gasteiger partial charge in [0, 0.05) is 36.6 Å². The van der Waals surface area contributed by atoms with Crippen molar-refractivity contribution in [3.8, 4) is 11.3 Å². The topological polar surface area (TPSA) is 49.7 Å². The molecule has 4 rings (SSSR count). The van der Waals surface area contributed by atoms with E-state index in [0.717, 1.165) is 43.0 Å². The number of nitrogens with zero attached hydrogens (tertiary/aromatic N) is 4. The molecular formula is C19H22FN5. The maximum absolute atomic E-state index is 13.5. The Labute approximate surface area is 146 Å². The van der Waals surface area contributed by atoms with Crippen LogP contribution in [0.15, 0.2) is 49.2 Å². The molecule has 3 heterocycles. The summed E-state index contributed by atoms with van der Waals surface area (Å²) in [4.78, 5) is 6.57. The van der Waals surface area contributed by atoms with E-state index in [1.807, 2.05) is 31.0 Å². The van der Waals surface area contributed by atoms with Crippen LogP contribution < -0.4 is 0 Å². The summed E-state index contributed by atoms with van der Waals surface area (Å²) in [6.07, 6.45) is 9.99. The lowest BCUT2D eigenvalue weighted by atomic mass is 9.96. The van der Waals surface area contributed by atoms with Crippen LogP contribution in [0.1, 0.15) is 18.4 Å². The van der Waals surface area contributed by atoms with Crippen molar-refractivity contribution in [2.45, 2.75) is 25.9 Å². The van der Waals surface area contributed by atoms with Gasteiger partial charge in [-0.15, -0.1) is 0 Å². The summed E-state index contributed by atoms with van der Waals surface area (Å²) in [7, 11) is 0. The van der Waals surface area contributed by atoms with E-state index in [4.69, 9.17) is 0 Å². The van der Waals surface area contributed by atoms with Gasteiger partial charge >= 0.3 is 0 Å². The highest BCUT2D eigenvalue weighted by atomic mass is 19.1. The third-order valence-electron chi connectivity index (χ3n) is 4.96. The van der Waals surface area contributed by atoms with Crippen LogP contribution in [0.2, 0.25) is 0 Å². The molecule has 1 aromatic carbocycles. The van der Waals surface area contributed by atoms with Crippen molar-refractivity contribution < 1.29 is 4.39 Å². The second-order valence-electron chi connectivity index (χ2n) is 6.76. The first-order valence-electron chi connectivity index (χ1n) is 8.74. The molecule has 5 nitrogen and oxygen atoms in total. The number of likely N-dealkylation sites (tertiary alicyclic amines) is 1. The molecule has 0 bridgehead atoms. The van der Waals surface area contributed by atoms with Crippen LogP contribution in [-0.4, -0.2) is 37.7 Å². The largest absolute Gasteiger partial charge is 0.337 e. The van der Waals surface area contributed by atoms with Gasteiger partial charge in [0.15, 0.2) is 0 Å². The fraction of sp³-hybridized carbons (Fsp3) is 0.368. The lowest BCUT2D eigenvalue weighted by molar-refractivity contribution is 0.167. The van der Waals surface area contributed by atoms with Gasteiger partial charge in [-0.2, -0.15) is 5.10 Å². The van der Waals surface area contributed by atoms with Gasteiger partial charge in [-0.25, -0.2) is 9.37 Å². The second kappa shape index (κ2) is 7.19. The summed E-state index contributed by atoms with van der Waals surface area (Å²) in [5, 5.41) is 7.20. The monoisotopic (exact) mass is 339 g/mol. The zero-order valence-corrected chi connectivity index (χ0v) is 14.1. The van der Waals surface area contributed by atoms with Crippen molar-refractivity contribution in [1.82, 2.24) is 24.6 Å². The van der Waals surface area contributed by atoms with E-state index in [0.29, 0.717) is 5.92 Å². The van der Waals surface area contributed by atoms with E-state index in [-0.39, 0.29) is 5.82 Å². The molecule has 0 amide bonds. The Kier molecular flexibility index (Phi) is 4.61. The van der Waals surface area contributed by atoms with Gasteiger partial charge in [0.2, 0.25) is 0 Å². The molecule has 1 fully saturated rings. The van der Waals surface area contributed by atoms with Crippen molar-refractivity contribution in [3.05, 3.63) is 60.6 Å². The molecule has 1 N–H and O–H groups in total. The predicted molar refractivity (Wildman–Crippen MR) is 94.2 cm³/mol. The first-order chi connectivity index (χ1) is 12.3. The Balaban J connectivity index is 1.37. The molecule has 0 spiro atoms. The number of benzene rings is 1. The molecule has 1 aliphatic heterocycles. The van der Waals surface area contributed by atoms with E-state index >= 15 is 0 Å². The smallest absolute Gasteiger partial charge is 0.123 e. The average molecular weight is 339 g/mol. The van der Waals surface area contributed by atoms with Crippen molar-refractivity contribution >= 4 is 0 Å². The molecule has 130 valence electrons. The molecule has 0 saturated carbocycles. The Hall–Kier alpha value is -2.47.